The van der Waals surface area contributed by atoms with Gasteiger partial charge in [0.05, 0.1) is 15.6 Å². The molecular weight excluding hydrogens is 415 g/mol. The molecule has 0 aliphatic rings. The quantitative estimate of drug-likeness (QED) is 0.586. The van der Waals surface area contributed by atoms with E-state index in [2.05, 4.69) is 10.0 Å². The van der Waals surface area contributed by atoms with E-state index in [0.29, 0.717) is 13.0 Å². The molecule has 0 spiro atoms. The summed E-state index contributed by atoms with van der Waals surface area (Å²) in [7, 11) is -3.98. The van der Waals surface area contributed by atoms with Crippen molar-refractivity contribution in [3.63, 3.8) is 0 Å². The standard InChI is InChI=1S/C21H18ClFN2O3S/c22-19-11-6-16(21(26)24-13-12-15-4-2-1-3-5-15)14-20(19)25-29(27,28)18-9-7-17(23)8-10-18/h1-11,14,25H,12-13H2,(H,24,26). The Kier molecular flexibility index (Phi) is 6.51. The zero-order valence-electron chi connectivity index (χ0n) is 15.2. The number of rotatable bonds is 7. The molecule has 0 saturated heterocycles. The van der Waals surface area contributed by atoms with Crippen molar-refractivity contribution in [2.24, 2.45) is 0 Å². The number of hydrogen-bond acceptors (Lipinski definition) is 3. The molecule has 0 radical (unpaired) electrons. The van der Waals surface area contributed by atoms with Gasteiger partial charge in [-0.25, -0.2) is 12.8 Å². The van der Waals surface area contributed by atoms with E-state index in [0.717, 1.165) is 29.8 Å². The molecule has 3 rings (SSSR count). The monoisotopic (exact) mass is 432 g/mol. The zero-order chi connectivity index (χ0) is 20.9. The number of carbonyl (C=O) groups excluding carboxylic acids is 1. The third-order valence-corrected chi connectivity index (χ3v) is 5.85. The number of carbonyl (C=O) groups is 1. The first-order valence-corrected chi connectivity index (χ1v) is 10.6. The molecular formula is C21H18ClFN2O3S. The molecule has 29 heavy (non-hydrogen) atoms. The summed E-state index contributed by atoms with van der Waals surface area (Å²) in [6, 6.07) is 18.4. The van der Waals surface area contributed by atoms with Gasteiger partial charge in [-0.3, -0.25) is 9.52 Å². The van der Waals surface area contributed by atoms with Gasteiger partial charge in [0.2, 0.25) is 0 Å². The van der Waals surface area contributed by atoms with E-state index >= 15 is 0 Å². The summed E-state index contributed by atoms with van der Waals surface area (Å²) in [5.74, 6) is -0.893. The van der Waals surface area contributed by atoms with Crippen LogP contribution in [0.2, 0.25) is 5.02 Å². The highest BCUT2D eigenvalue weighted by molar-refractivity contribution is 7.92. The van der Waals surface area contributed by atoms with E-state index in [1.54, 1.807) is 0 Å². The Bertz CT molecular complexity index is 1100. The molecule has 0 aliphatic heterocycles. The first kappa shape index (κ1) is 20.8. The zero-order valence-corrected chi connectivity index (χ0v) is 16.8. The molecule has 0 aromatic heterocycles. The normalized spacial score (nSPS) is 11.1. The number of sulfonamides is 1. The predicted molar refractivity (Wildman–Crippen MR) is 111 cm³/mol. The molecule has 0 fully saturated rings. The highest BCUT2D eigenvalue weighted by Gasteiger charge is 2.17. The van der Waals surface area contributed by atoms with Crippen molar-refractivity contribution in [3.8, 4) is 0 Å². The number of hydrogen-bond donors (Lipinski definition) is 2. The second kappa shape index (κ2) is 9.07. The molecule has 0 saturated carbocycles. The third-order valence-electron chi connectivity index (χ3n) is 4.14. The van der Waals surface area contributed by atoms with Gasteiger partial charge in [-0.1, -0.05) is 41.9 Å². The van der Waals surface area contributed by atoms with Gasteiger partial charge in [-0.15, -0.1) is 0 Å². The lowest BCUT2D eigenvalue weighted by atomic mass is 10.1. The number of benzene rings is 3. The van der Waals surface area contributed by atoms with E-state index in [1.807, 2.05) is 30.3 Å². The maximum atomic E-state index is 13.0. The highest BCUT2D eigenvalue weighted by atomic mass is 35.5. The predicted octanol–water partition coefficient (Wildman–Crippen LogP) is 4.25. The van der Waals surface area contributed by atoms with Crippen molar-refractivity contribution in [1.29, 1.82) is 0 Å². The number of halogens is 2. The fraction of sp³-hybridized carbons (Fsp3) is 0.0952. The number of amides is 1. The maximum absolute atomic E-state index is 13.0. The third kappa shape index (κ3) is 5.56. The lowest BCUT2D eigenvalue weighted by molar-refractivity contribution is 0.0954. The number of nitrogens with one attached hydrogen (secondary N) is 2. The molecule has 3 aromatic rings. The smallest absolute Gasteiger partial charge is 0.261 e. The molecule has 0 aliphatic carbocycles. The van der Waals surface area contributed by atoms with Crippen LogP contribution in [0.3, 0.4) is 0 Å². The highest BCUT2D eigenvalue weighted by Crippen LogP contribution is 2.26. The summed E-state index contributed by atoms with van der Waals surface area (Å²) in [4.78, 5) is 12.3. The molecule has 0 bridgehead atoms. The largest absolute Gasteiger partial charge is 0.352 e. The van der Waals surface area contributed by atoms with Crippen LogP contribution in [0.1, 0.15) is 15.9 Å². The first-order chi connectivity index (χ1) is 13.8. The maximum Gasteiger partial charge on any atom is 0.261 e. The minimum Gasteiger partial charge on any atom is -0.352 e. The molecule has 2 N–H and O–H groups in total. The molecule has 3 aromatic carbocycles. The SMILES string of the molecule is O=C(NCCc1ccccc1)c1ccc(Cl)c(NS(=O)(=O)c2ccc(F)cc2)c1. The summed E-state index contributed by atoms with van der Waals surface area (Å²) < 4.78 is 40.3. The molecule has 5 nitrogen and oxygen atoms in total. The van der Waals surface area contributed by atoms with Gasteiger partial charge < -0.3 is 5.32 Å². The van der Waals surface area contributed by atoms with E-state index in [-0.39, 0.29) is 27.1 Å². The van der Waals surface area contributed by atoms with Crippen LogP contribution in [0.15, 0.2) is 77.7 Å². The Morgan fingerprint density at radius 1 is 0.966 bits per heavy atom. The summed E-state index contributed by atoms with van der Waals surface area (Å²) in [5.41, 5.74) is 1.42. The van der Waals surface area contributed by atoms with Crippen LogP contribution in [0, 0.1) is 5.82 Å². The lowest BCUT2D eigenvalue weighted by Crippen LogP contribution is -2.25. The molecule has 150 valence electrons. The first-order valence-electron chi connectivity index (χ1n) is 8.75. The second-order valence-corrected chi connectivity index (χ2v) is 8.34. The summed E-state index contributed by atoms with van der Waals surface area (Å²) in [5, 5.41) is 2.93. The molecule has 0 unspecified atom stereocenters. The van der Waals surface area contributed by atoms with E-state index in [4.69, 9.17) is 11.6 Å². The molecule has 8 heteroatoms. The minimum absolute atomic E-state index is 0.0618. The van der Waals surface area contributed by atoms with Gasteiger partial charge in [0.25, 0.3) is 15.9 Å². The van der Waals surface area contributed by atoms with Crippen molar-refractivity contribution < 1.29 is 17.6 Å². The van der Waals surface area contributed by atoms with E-state index < -0.39 is 15.8 Å². The lowest BCUT2D eigenvalue weighted by Gasteiger charge is -2.12. The van der Waals surface area contributed by atoms with Crippen molar-refractivity contribution >= 4 is 33.2 Å². The average Bonchev–Trinajstić information content (AvgIpc) is 2.70. The second-order valence-electron chi connectivity index (χ2n) is 6.25. The fourth-order valence-electron chi connectivity index (χ4n) is 2.63. The van der Waals surface area contributed by atoms with E-state index in [1.165, 1.54) is 18.2 Å². The fourth-order valence-corrected chi connectivity index (χ4v) is 3.92. The summed E-state index contributed by atoms with van der Waals surface area (Å²) in [6.45, 7) is 0.433. The Labute approximate surface area is 173 Å². The van der Waals surface area contributed by atoms with Crippen LogP contribution in [-0.2, 0) is 16.4 Å². The van der Waals surface area contributed by atoms with Crippen molar-refractivity contribution in [1.82, 2.24) is 5.32 Å². The molecule has 0 heterocycles. The van der Waals surface area contributed by atoms with Crippen LogP contribution in [0.25, 0.3) is 0 Å². The van der Waals surface area contributed by atoms with E-state index in [9.17, 15) is 17.6 Å². The Morgan fingerprint density at radius 2 is 1.66 bits per heavy atom. The van der Waals surface area contributed by atoms with Gasteiger partial charge in [0, 0.05) is 12.1 Å². The van der Waals surface area contributed by atoms with Crippen LogP contribution in [-0.4, -0.2) is 20.9 Å². The van der Waals surface area contributed by atoms with Crippen LogP contribution in [0.5, 0.6) is 0 Å². The topological polar surface area (TPSA) is 75.3 Å². The van der Waals surface area contributed by atoms with Gasteiger partial charge in [0.15, 0.2) is 0 Å². The molecule has 0 atom stereocenters. The summed E-state index contributed by atoms with van der Waals surface area (Å²) >= 11 is 6.09. The van der Waals surface area contributed by atoms with Gasteiger partial charge in [-0.2, -0.15) is 0 Å². The van der Waals surface area contributed by atoms with Crippen molar-refractivity contribution in [3.05, 3.63) is 94.8 Å². The van der Waals surface area contributed by atoms with Crippen LogP contribution >= 0.6 is 11.6 Å². The van der Waals surface area contributed by atoms with Gasteiger partial charge in [-0.05, 0) is 54.4 Å². The van der Waals surface area contributed by atoms with Gasteiger partial charge in [0.1, 0.15) is 5.82 Å². The molecule has 1 amide bonds. The Morgan fingerprint density at radius 3 is 2.34 bits per heavy atom. The Hall–Kier alpha value is -2.90. The van der Waals surface area contributed by atoms with Crippen LogP contribution in [0.4, 0.5) is 10.1 Å². The van der Waals surface area contributed by atoms with Gasteiger partial charge >= 0.3 is 0 Å². The van der Waals surface area contributed by atoms with Crippen molar-refractivity contribution in [2.75, 3.05) is 11.3 Å². The van der Waals surface area contributed by atoms with Crippen LogP contribution < -0.4 is 10.0 Å². The van der Waals surface area contributed by atoms with Crippen molar-refractivity contribution in [2.45, 2.75) is 11.3 Å². The number of anilines is 1. The Balaban J connectivity index is 1.70. The summed E-state index contributed by atoms with van der Waals surface area (Å²) in [6.07, 6.45) is 0.671. The minimum atomic E-state index is -3.98. The average molecular weight is 433 g/mol.